The second kappa shape index (κ2) is 9.02. The van der Waals surface area contributed by atoms with Gasteiger partial charge in [-0.25, -0.2) is 0 Å². The van der Waals surface area contributed by atoms with Crippen LogP contribution >= 0.6 is 18.6 Å². The topological polar surface area (TPSA) is 0 Å². The maximum atomic E-state index is 8.08. The molecule has 2 atom stereocenters. The van der Waals surface area contributed by atoms with Crippen LogP contribution in [0.4, 0.5) is 0 Å². The van der Waals surface area contributed by atoms with Crippen LogP contribution in [0.15, 0.2) is 46.6 Å². The molecule has 0 amide bonds. The maximum absolute atomic E-state index is 8.08. The Morgan fingerprint density at radius 2 is 1.10 bits per heavy atom. The van der Waals surface area contributed by atoms with E-state index in [1.807, 2.05) is 0 Å². The summed E-state index contributed by atoms with van der Waals surface area (Å²) in [5.41, 5.74) is 6.15. The number of hydrogen-bond donors (Lipinski definition) is 0. The van der Waals surface area contributed by atoms with Crippen LogP contribution in [0.2, 0.25) is 21.5 Å². The van der Waals surface area contributed by atoms with Crippen molar-refractivity contribution < 1.29 is 12.4 Å². The molecule has 2 aliphatic rings. The van der Waals surface area contributed by atoms with Crippen molar-refractivity contribution in [2.75, 3.05) is 0 Å². The predicted octanol–water partition coefficient (Wildman–Crippen LogP) is 9.97. The second-order valence-corrected chi connectivity index (χ2v) is 41.4. The van der Waals surface area contributed by atoms with E-state index in [0.717, 1.165) is 25.7 Å². The molecule has 0 aliphatic heterocycles. The monoisotopic (exact) mass is 503 g/mol. The first-order chi connectivity index (χ1) is 13.6. The molecule has 2 rings (SSSR count). The van der Waals surface area contributed by atoms with Gasteiger partial charge in [0.05, 0.1) is 0 Å². The molecule has 0 spiro atoms. The molecular formula is C26H45Cl2SiTi. The first kappa shape index (κ1) is 26.7. The van der Waals surface area contributed by atoms with E-state index >= 15 is 0 Å². The molecule has 0 radical (unpaired) electrons. The Hall–Kier alpha value is 0.471. The third-order valence-electron chi connectivity index (χ3n) is 7.27. The molecule has 171 valence electrons. The van der Waals surface area contributed by atoms with Crippen LogP contribution in [-0.2, 0) is 12.4 Å². The summed E-state index contributed by atoms with van der Waals surface area (Å²) in [6.07, 6.45) is 14.5. The van der Waals surface area contributed by atoms with Gasteiger partial charge in [0.1, 0.15) is 0 Å². The third-order valence-corrected chi connectivity index (χ3v) is 42.8. The zero-order valence-corrected chi connectivity index (χ0v) is 25.4. The Labute approximate surface area is 196 Å². The average molecular weight is 505 g/mol. The molecular weight excluding hydrogens is 459 g/mol. The number of allylic oxidation sites excluding steroid dienone is 8. The molecule has 0 aromatic rings. The molecule has 4 heteroatoms. The summed E-state index contributed by atoms with van der Waals surface area (Å²) < 4.78 is 0.541. The zero-order chi connectivity index (χ0) is 23.1. The summed E-state index contributed by atoms with van der Waals surface area (Å²) in [5, 5.41) is 0. The summed E-state index contributed by atoms with van der Waals surface area (Å²) in [4.78, 5) is 0. The molecule has 2 aliphatic carbocycles. The van der Waals surface area contributed by atoms with Crippen molar-refractivity contribution >= 4 is 25.3 Å². The summed E-state index contributed by atoms with van der Waals surface area (Å²) in [6.45, 7) is 21.9. The fraction of sp³-hybridized carbons (Fsp3) is 0.692. The quantitative estimate of drug-likeness (QED) is 0.303. The fourth-order valence-corrected chi connectivity index (χ4v) is 24.3. The van der Waals surface area contributed by atoms with E-state index in [9.17, 15) is 0 Å². The molecule has 0 aromatic carbocycles. The molecule has 0 saturated heterocycles. The molecule has 0 saturated carbocycles. The molecule has 2 unspecified atom stereocenters. The van der Waals surface area contributed by atoms with Crippen molar-refractivity contribution in [1.82, 2.24) is 0 Å². The minimum absolute atomic E-state index is 0.129. The van der Waals surface area contributed by atoms with Gasteiger partial charge >= 0.3 is 198 Å². The molecule has 0 aromatic heterocycles. The van der Waals surface area contributed by atoms with Crippen LogP contribution in [-0.4, -0.2) is 6.66 Å². The standard InChI is InChI=1S/2C12H19.C2H7Si.2ClH.Ti/c2*1-5-6-10-7-8-11(9-10)12(2,3)4;1-3-2;;;/h2*7-9H,5-6H2,1-4H3;3H,1-2H3;2*1H;/q;;;;;+2/p-2. The molecule has 0 N–H and O–H groups in total. The first-order valence-corrected chi connectivity index (χ1v) is 23.7. The van der Waals surface area contributed by atoms with Gasteiger partial charge in [0, 0.05) is 0 Å². The van der Waals surface area contributed by atoms with Crippen LogP contribution in [0.25, 0.3) is 0 Å². The summed E-state index contributed by atoms with van der Waals surface area (Å²) in [5.74, 6) is 0. The fourth-order valence-electron chi connectivity index (χ4n) is 5.15. The Morgan fingerprint density at radius 3 is 1.33 bits per heavy atom. The molecule has 30 heavy (non-hydrogen) atoms. The number of hydrogen-bond acceptors (Lipinski definition) is 0. The Morgan fingerprint density at radius 1 is 0.767 bits per heavy atom. The van der Waals surface area contributed by atoms with Crippen molar-refractivity contribution in [2.45, 2.75) is 103 Å². The normalized spacial score (nSPS) is 24.4. The van der Waals surface area contributed by atoms with Crippen molar-refractivity contribution in [1.29, 1.82) is 0 Å². The Balaban J connectivity index is 2.73. The van der Waals surface area contributed by atoms with Crippen LogP contribution in [0, 0.1) is 10.8 Å². The van der Waals surface area contributed by atoms with Crippen molar-refractivity contribution in [3.63, 3.8) is 0 Å². The van der Waals surface area contributed by atoms with E-state index in [4.69, 9.17) is 18.6 Å². The average Bonchev–Trinajstić information content (AvgIpc) is 3.20. The van der Waals surface area contributed by atoms with Gasteiger partial charge < -0.3 is 0 Å². The predicted molar refractivity (Wildman–Crippen MR) is 139 cm³/mol. The number of halogens is 2. The zero-order valence-electron chi connectivity index (χ0n) is 21.1. The van der Waals surface area contributed by atoms with Gasteiger partial charge in [-0.15, -0.1) is 0 Å². The van der Waals surface area contributed by atoms with Crippen LogP contribution in [0.3, 0.4) is 0 Å². The van der Waals surface area contributed by atoms with Gasteiger partial charge in [-0.3, -0.25) is 0 Å². The van der Waals surface area contributed by atoms with E-state index in [1.165, 1.54) is 22.3 Å². The van der Waals surface area contributed by atoms with Crippen molar-refractivity contribution in [2.24, 2.45) is 10.8 Å². The van der Waals surface area contributed by atoms with E-state index in [0.29, 0.717) is 0 Å². The van der Waals surface area contributed by atoms with Gasteiger partial charge in [-0.1, -0.05) is 0 Å². The number of rotatable bonds is 7. The van der Waals surface area contributed by atoms with Crippen LogP contribution < -0.4 is 0 Å². The third kappa shape index (κ3) is 4.86. The molecule has 0 bridgehead atoms. The Kier molecular flexibility index (Phi) is 8.03. The van der Waals surface area contributed by atoms with Crippen molar-refractivity contribution in [3.05, 3.63) is 46.6 Å². The van der Waals surface area contributed by atoms with Gasteiger partial charge in [0.15, 0.2) is 0 Å². The van der Waals surface area contributed by atoms with Crippen LogP contribution in [0.1, 0.15) is 81.1 Å². The molecule has 0 nitrogen and oxygen atoms in total. The van der Waals surface area contributed by atoms with Gasteiger partial charge in [-0.2, -0.15) is 0 Å². The second-order valence-electron chi connectivity index (χ2n) is 12.0. The minimum atomic E-state index is -4.02. The van der Waals surface area contributed by atoms with E-state index in [2.05, 4.69) is 92.8 Å². The van der Waals surface area contributed by atoms with Crippen molar-refractivity contribution in [3.8, 4) is 0 Å². The SMILES string of the molecule is CCCC1=CC(C(C)(C)C)=C[CH]1[Ti]([Cl])([Cl])([CH]1C=C(C(C)(C)C)C=C1CCC)[SiH](C)C. The van der Waals surface area contributed by atoms with Gasteiger partial charge in [-0.05, 0) is 0 Å². The summed E-state index contributed by atoms with van der Waals surface area (Å²) >= 11 is -4.02. The van der Waals surface area contributed by atoms with Gasteiger partial charge in [0.25, 0.3) is 0 Å². The van der Waals surface area contributed by atoms with Gasteiger partial charge in [0.2, 0.25) is 0 Å². The Bertz CT molecular complexity index is 725. The molecule has 0 fully saturated rings. The molecule has 0 heterocycles. The van der Waals surface area contributed by atoms with E-state index in [-0.39, 0.29) is 19.3 Å². The summed E-state index contributed by atoms with van der Waals surface area (Å²) in [7, 11) is 16.2. The van der Waals surface area contributed by atoms with E-state index in [1.54, 1.807) is 0 Å². The van der Waals surface area contributed by atoms with E-state index < -0.39 is 19.1 Å². The summed E-state index contributed by atoms with van der Waals surface area (Å²) in [6, 6.07) is 0. The first-order valence-electron chi connectivity index (χ1n) is 12.0. The van der Waals surface area contributed by atoms with Crippen LogP contribution in [0.5, 0.6) is 0 Å².